The van der Waals surface area contributed by atoms with E-state index in [1.807, 2.05) is 6.20 Å². The normalized spacial score (nSPS) is 24.1. The van der Waals surface area contributed by atoms with E-state index in [1.54, 1.807) is 0 Å². The Morgan fingerprint density at radius 3 is 2.78 bits per heavy atom. The lowest BCUT2D eigenvalue weighted by Gasteiger charge is -2.35. The van der Waals surface area contributed by atoms with Gasteiger partial charge in [-0.1, -0.05) is 13.3 Å². The van der Waals surface area contributed by atoms with Crippen LogP contribution in [0.15, 0.2) is 12.4 Å². The van der Waals surface area contributed by atoms with Gasteiger partial charge in [-0.2, -0.15) is 0 Å². The Bertz CT molecular complexity index is 456. The summed E-state index contributed by atoms with van der Waals surface area (Å²) in [5.74, 6) is 1.93. The van der Waals surface area contributed by atoms with Gasteiger partial charge in [-0.3, -0.25) is 4.90 Å². The maximum atomic E-state index is 5.44. The molecule has 0 unspecified atom stereocenters. The number of piperidine rings is 1. The van der Waals surface area contributed by atoms with Crippen molar-refractivity contribution >= 4 is 0 Å². The number of hydrogen-bond acceptors (Lipinski definition) is 4. The highest BCUT2D eigenvalue weighted by molar-refractivity contribution is 5.03. The molecule has 2 aliphatic heterocycles. The Labute approximate surface area is 140 Å². The van der Waals surface area contributed by atoms with Gasteiger partial charge in [-0.15, -0.1) is 0 Å². The number of rotatable bonds is 7. The SMILES string of the molecule is CCCCn1ccnc1[C@H]1CCCN(CCN2CCOCC2)C1. The molecule has 130 valence electrons. The molecule has 1 aromatic rings. The van der Waals surface area contributed by atoms with Crippen molar-refractivity contribution in [2.24, 2.45) is 0 Å². The number of morpholine rings is 1. The van der Waals surface area contributed by atoms with Crippen molar-refractivity contribution in [1.29, 1.82) is 0 Å². The van der Waals surface area contributed by atoms with Crippen molar-refractivity contribution in [2.45, 2.75) is 45.1 Å². The first kappa shape index (κ1) is 16.9. The van der Waals surface area contributed by atoms with Gasteiger partial charge < -0.3 is 14.2 Å². The average Bonchev–Trinajstić information content (AvgIpc) is 3.08. The molecular formula is C18H32N4O. The second kappa shape index (κ2) is 8.81. The van der Waals surface area contributed by atoms with Crippen LogP contribution < -0.4 is 0 Å². The number of likely N-dealkylation sites (tertiary alicyclic amines) is 1. The number of imidazole rings is 1. The zero-order chi connectivity index (χ0) is 15.9. The first-order chi connectivity index (χ1) is 11.4. The Kier molecular flexibility index (Phi) is 6.48. The van der Waals surface area contributed by atoms with Crippen molar-refractivity contribution in [3.05, 3.63) is 18.2 Å². The fourth-order valence-electron chi connectivity index (χ4n) is 3.78. The summed E-state index contributed by atoms with van der Waals surface area (Å²) >= 11 is 0. The first-order valence-corrected chi connectivity index (χ1v) is 9.40. The zero-order valence-corrected chi connectivity index (χ0v) is 14.6. The van der Waals surface area contributed by atoms with Gasteiger partial charge in [0.15, 0.2) is 0 Å². The van der Waals surface area contributed by atoms with Crippen LogP contribution in [0.25, 0.3) is 0 Å². The molecule has 0 aromatic carbocycles. The van der Waals surface area contributed by atoms with Gasteiger partial charge in [0.1, 0.15) is 5.82 Å². The van der Waals surface area contributed by atoms with Gasteiger partial charge in [0, 0.05) is 57.6 Å². The second-order valence-electron chi connectivity index (χ2n) is 6.93. The van der Waals surface area contributed by atoms with E-state index in [9.17, 15) is 0 Å². The number of unbranched alkanes of at least 4 members (excludes halogenated alkanes) is 1. The maximum absolute atomic E-state index is 5.44. The molecule has 0 N–H and O–H groups in total. The fraction of sp³-hybridized carbons (Fsp3) is 0.833. The molecule has 2 fully saturated rings. The summed E-state index contributed by atoms with van der Waals surface area (Å²) in [6.07, 6.45) is 9.23. The van der Waals surface area contributed by atoms with Gasteiger partial charge in [0.25, 0.3) is 0 Å². The van der Waals surface area contributed by atoms with Crippen LogP contribution in [0, 0.1) is 0 Å². The van der Waals surface area contributed by atoms with Crippen LogP contribution in [0.2, 0.25) is 0 Å². The van der Waals surface area contributed by atoms with Gasteiger partial charge in [-0.25, -0.2) is 4.98 Å². The third-order valence-electron chi connectivity index (χ3n) is 5.21. The van der Waals surface area contributed by atoms with E-state index >= 15 is 0 Å². The smallest absolute Gasteiger partial charge is 0.113 e. The van der Waals surface area contributed by atoms with Crippen molar-refractivity contribution in [3.8, 4) is 0 Å². The molecule has 1 aromatic heterocycles. The van der Waals surface area contributed by atoms with Gasteiger partial charge in [0.05, 0.1) is 13.2 Å². The third-order valence-corrected chi connectivity index (χ3v) is 5.21. The van der Waals surface area contributed by atoms with E-state index < -0.39 is 0 Å². The molecule has 5 heteroatoms. The van der Waals surface area contributed by atoms with E-state index in [0.29, 0.717) is 5.92 Å². The van der Waals surface area contributed by atoms with E-state index in [1.165, 1.54) is 57.7 Å². The molecule has 2 aliphatic rings. The second-order valence-corrected chi connectivity index (χ2v) is 6.93. The molecule has 0 bridgehead atoms. The largest absolute Gasteiger partial charge is 0.379 e. The predicted octanol–water partition coefficient (Wildman–Crippen LogP) is 2.19. The van der Waals surface area contributed by atoms with Crippen LogP contribution in [-0.4, -0.2) is 71.8 Å². The molecule has 0 amide bonds. The quantitative estimate of drug-likeness (QED) is 0.771. The zero-order valence-electron chi connectivity index (χ0n) is 14.6. The van der Waals surface area contributed by atoms with Crippen molar-refractivity contribution in [2.75, 3.05) is 52.5 Å². The third kappa shape index (κ3) is 4.78. The monoisotopic (exact) mass is 320 g/mol. The number of nitrogens with zero attached hydrogens (tertiary/aromatic N) is 4. The predicted molar refractivity (Wildman–Crippen MR) is 92.8 cm³/mol. The highest BCUT2D eigenvalue weighted by Gasteiger charge is 2.24. The van der Waals surface area contributed by atoms with Gasteiger partial charge in [0.2, 0.25) is 0 Å². The molecule has 0 radical (unpaired) electrons. The highest BCUT2D eigenvalue weighted by atomic mass is 16.5. The standard InChI is InChI=1S/C18H32N4O/c1-2-3-8-22-9-6-19-18(22)17-5-4-7-21(16-17)11-10-20-12-14-23-15-13-20/h6,9,17H,2-5,7-8,10-16H2,1H3/t17-/m0/s1. The topological polar surface area (TPSA) is 33.5 Å². The van der Waals surface area contributed by atoms with E-state index in [-0.39, 0.29) is 0 Å². The van der Waals surface area contributed by atoms with Gasteiger partial charge in [-0.05, 0) is 25.8 Å². The summed E-state index contributed by atoms with van der Waals surface area (Å²) in [7, 11) is 0. The van der Waals surface area contributed by atoms with Crippen LogP contribution in [-0.2, 0) is 11.3 Å². The van der Waals surface area contributed by atoms with E-state index in [2.05, 4.69) is 32.5 Å². The lowest BCUT2D eigenvalue weighted by Crippen LogP contribution is -2.44. The Morgan fingerprint density at radius 1 is 1.13 bits per heavy atom. The molecule has 0 saturated carbocycles. The Balaban J connectivity index is 1.50. The maximum Gasteiger partial charge on any atom is 0.113 e. The summed E-state index contributed by atoms with van der Waals surface area (Å²) in [6.45, 7) is 12.2. The number of aryl methyl sites for hydroxylation is 1. The van der Waals surface area contributed by atoms with Crippen LogP contribution in [0.4, 0.5) is 0 Å². The molecule has 3 heterocycles. The summed E-state index contributed by atoms with van der Waals surface area (Å²) in [5, 5.41) is 0. The van der Waals surface area contributed by atoms with Crippen molar-refractivity contribution in [3.63, 3.8) is 0 Å². The van der Waals surface area contributed by atoms with Gasteiger partial charge >= 0.3 is 0 Å². The molecule has 5 nitrogen and oxygen atoms in total. The highest BCUT2D eigenvalue weighted by Crippen LogP contribution is 2.26. The van der Waals surface area contributed by atoms with Crippen molar-refractivity contribution < 1.29 is 4.74 Å². The minimum atomic E-state index is 0.611. The number of hydrogen-bond donors (Lipinski definition) is 0. The summed E-state index contributed by atoms with van der Waals surface area (Å²) < 4.78 is 7.83. The minimum absolute atomic E-state index is 0.611. The summed E-state index contributed by atoms with van der Waals surface area (Å²) in [5.41, 5.74) is 0. The molecule has 23 heavy (non-hydrogen) atoms. The van der Waals surface area contributed by atoms with E-state index in [0.717, 1.165) is 32.8 Å². The van der Waals surface area contributed by atoms with Crippen molar-refractivity contribution in [1.82, 2.24) is 19.4 Å². The Morgan fingerprint density at radius 2 is 1.96 bits per heavy atom. The lowest BCUT2D eigenvalue weighted by atomic mass is 9.97. The molecule has 0 spiro atoms. The van der Waals surface area contributed by atoms with E-state index in [4.69, 9.17) is 4.74 Å². The molecular weight excluding hydrogens is 288 g/mol. The molecule has 1 atom stereocenters. The van der Waals surface area contributed by atoms with Crippen LogP contribution in [0.1, 0.15) is 44.3 Å². The fourth-order valence-corrected chi connectivity index (χ4v) is 3.78. The lowest BCUT2D eigenvalue weighted by molar-refractivity contribution is 0.0318. The Hall–Kier alpha value is -0.910. The van der Waals surface area contributed by atoms with Crippen LogP contribution in [0.3, 0.4) is 0 Å². The first-order valence-electron chi connectivity index (χ1n) is 9.40. The molecule has 2 saturated heterocycles. The number of ether oxygens (including phenoxy) is 1. The van der Waals surface area contributed by atoms with Crippen LogP contribution in [0.5, 0.6) is 0 Å². The average molecular weight is 320 g/mol. The molecule has 0 aliphatic carbocycles. The molecule has 3 rings (SSSR count). The number of aromatic nitrogens is 2. The minimum Gasteiger partial charge on any atom is -0.379 e. The van der Waals surface area contributed by atoms with Crippen LogP contribution >= 0.6 is 0 Å². The summed E-state index contributed by atoms with van der Waals surface area (Å²) in [6, 6.07) is 0. The summed E-state index contributed by atoms with van der Waals surface area (Å²) in [4.78, 5) is 9.86.